The standard InChI is InChI=1S/C31H38F6N2O/c1-29(2,3)26-20-38(14-15-39(26)27(40)16-21-10-6-4-7-11-21)28(22-12-8-5-9-13-22)23-17-24(30(32,33)34)19-25(18-23)31(35,36)37/h5,8-9,12-13,17-19,21,26,28H,4,6-7,10-11,14-16,20H2,1-3H3/t26-,28?/m1/s1. The van der Waals surface area contributed by atoms with Crippen molar-refractivity contribution >= 4 is 5.91 Å². The lowest BCUT2D eigenvalue weighted by Gasteiger charge is -2.50. The van der Waals surface area contributed by atoms with Crippen molar-refractivity contribution in [3.05, 3.63) is 70.8 Å². The number of halogens is 6. The molecule has 1 aliphatic carbocycles. The molecule has 9 heteroatoms. The highest BCUT2D eigenvalue weighted by Gasteiger charge is 2.42. The summed E-state index contributed by atoms with van der Waals surface area (Å²) in [6.45, 7) is 7.09. The molecule has 4 rings (SSSR count). The van der Waals surface area contributed by atoms with Crippen molar-refractivity contribution in [2.75, 3.05) is 19.6 Å². The van der Waals surface area contributed by atoms with Crippen LogP contribution in [0.25, 0.3) is 0 Å². The Morgan fingerprint density at radius 2 is 1.40 bits per heavy atom. The van der Waals surface area contributed by atoms with Crippen molar-refractivity contribution in [1.82, 2.24) is 9.80 Å². The first-order valence-electron chi connectivity index (χ1n) is 14.0. The molecular weight excluding hydrogens is 530 g/mol. The maximum absolute atomic E-state index is 13.8. The van der Waals surface area contributed by atoms with Crippen LogP contribution in [0.15, 0.2) is 48.5 Å². The van der Waals surface area contributed by atoms with Crippen molar-refractivity contribution in [2.24, 2.45) is 11.3 Å². The Hall–Kier alpha value is -2.55. The van der Waals surface area contributed by atoms with E-state index in [1.54, 1.807) is 30.3 Å². The average Bonchev–Trinajstić information content (AvgIpc) is 2.88. The van der Waals surface area contributed by atoms with Gasteiger partial charge in [-0.1, -0.05) is 70.4 Å². The number of nitrogens with zero attached hydrogens (tertiary/aromatic N) is 2. The largest absolute Gasteiger partial charge is 0.416 e. The van der Waals surface area contributed by atoms with Gasteiger partial charge in [0, 0.05) is 32.1 Å². The number of hydrogen-bond acceptors (Lipinski definition) is 2. The Bertz CT molecular complexity index is 1120. The molecule has 0 radical (unpaired) electrons. The third-order valence-electron chi connectivity index (χ3n) is 8.33. The van der Waals surface area contributed by atoms with Crippen LogP contribution >= 0.6 is 0 Å². The summed E-state index contributed by atoms with van der Waals surface area (Å²) >= 11 is 0. The van der Waals surface area contributed by atoms with E-state index in [0.717, 1.165) is 37.8 Å². The Morgan fingerprint density at radius 3 is 1.93 bits per heavy atom. The van der Waals surface area contributed by atoms with Gasteiger partial charge in [0.25, 0.3) is 0 Å². The molecule has 40 heavy (non-hydrogen) atoms. The van der Waals surface area contributed by atoms with E-state index >= 15 is 0 Å². The summed E-state index contributed by atoms with van der Waals surface area (Å²) in [5.41, 5.74) is -2.47. The lowest BCUT2D eigenvalue weighted by Crippen LogP contribution is -2.60. The van der Waals surface area contributed by atoms with Crippen LogP contribution in [0.1, 0.15) is 87.6 Å². The number of alkyl halides is 6. The maximum Gasteiger partial charge on any atom is 0.416 e. The Kier molecular flexibility index (Phi) is 8.93. The predicted octanol–water partition coefficient (Wildman–Crippen LogP) is 8.34. The summed E-state index contributed by atoms with van der Waals surface area (Å²) in [5.74, 6) is 0.448. The Labute approximate surface area is 232 Å². The van der Waals surface area contributed by atoms with Gasteiger partial charge in [-0.2, -0.15) is 26.3 Å². The molecule has 0 aromatic heterocycles. The van der Waals surface area contributed by atoms with Crippen LogP contribution in [0.4, 0.5) is 26.3 Å². The molecule has 2 fully saturated rings. The van der Waals surface area contributed by atoms with Gasteiger partial charge in [-0.05, 0) is 53.5 Å². The summed E-state index contributed by atoms with van der Waals surface area (Å²) in [4.78, 5) is 17.3. The Morgan fingerprint density at radius 1 is 0.825 bits per heavy atom. The SMILES string of the molecule is CC(C)(C)[C@H]1CN(C(c2ccccc2)c2cc(C(F)(F)F)cc(C(F)(F)F)c2)CCN1C(=O)CC1CCCCC1. The molecule has 1 aliphatic heterocycles. The lowest BCUT2D eigenvalue weighted by molar-refractivity contribution is -0.144. The van der Waals surface area contributed by atoms with Crippen molar-refractivity contribution in [3.8, 4) is 0 Å². The number of hydrogen-bond donors (Lipinski definition) is 0. The van der Waals surface area contributed by atoms with E-state index in [-0.39, 0.29) is 29.0 Å². The maximum atomic E-state index is 13.8. The van der Waals surface area contributed by atoms with Gasteiger partial charge < -0.3 is 4.90 Å². The van der Waals surface area contributed by atoms with E-state index in [1.807, 2.05) is 30.6 Å². The van der Waals surface area contributed by atoms with E-state index in [9.17, 15) is 31.1 Å². The third-order valence-corrected chi connectivity index (χ3v) is 8.33. The zero-order chi connectivity index (χ0) is 29.3. The molecule has 0 N–H and O–H groups in total. The van der Waals surface area contributed by atoms with Crippen LogP contribution in [-0.2, 0) is 17.1 Å². The van der Waals surface area contributed by atoms with Gasteiger partial charge >= 0.3 is 12.4 Å². The second kappa shape index (κ2) is 11.7. The minimum atomic E-state index is -4.94. The van der Waals surface area contributed by atoms with Gasteiger partial charge in [-0.25, -0.2) is 0 Å². The topological polar surface area (TPSA) is 23.6 Å². The summed E-state index contributed by atoms with van der Waals surface area (Å²) in [6.07, 6.45) is -3.85. The molecule has 1 saturated heterocycles. The number of amides is 1. The smallest absolute Gasteiger partial charge is 0.337 e. The van der Waals surface area contributed by atoms with Crippen LogP contribution in [0.2, 0.25) is 0 Å². The normalized spacial score (nSPS) is 20.9. The van der Waals surface area contributed by atoms with Gasteiger partial charge in [0.05, 0.1) is 17.2 Å². The first-order valence-corrected chi connectivity index (χ1v) is 14.0. The molecule has 1 unspecified atom stereocenters. The third kappa shape index (κ3) is 7.20. The van der Waals surface area contributed by atoms with Crippen LogP contribution in [0.5, 0.6) is 0 Å². The van der Waals surface area contributed by atoms with Crippen molar-refractivity contribution in [2.45, 2.75) is 83.7 Å². The van der Waals surface area contributed by atoms with Crippen LogP contribution < -0.4 is 0 Å². The number of carbonyl (C=O) groups is 1. The van der Waals surface area contributed by atoms with E-state index in [4.69, 9.17) is 0 Å². The molecule has 1 heterocycles. The molecule has 2 aliphatic rings. The molecular formula is C31H38F6N2O. The van der Waals surface area contributed by atoms with Crippen molar-refractivity contribution < 1.29 is 31.1 Å². The minimum absolute atomic E-state index is 0.0667. The summed E-state index contributed by atoms with van der Waals surface area (Å²) in [5, 5.41) is 0. The van der Waals surface area contributed by atoms with Crippen LogP contribution in [-0.4, -0.2) is 41.4 Å². The van der Waals surface area contributed by atoms with E-state index in [0.29, 0.717) is 37.5 Å². The highest BCUT2D eigenvalue weighted by Crippen LogP contribution is 2.41. The van der Waals surface area contributed by atoms with Gasteiger partial charge in [0.1, 0.15) is 0 Å². The molecule has 220 valence electrons. The fourth-order valence-corrected chi connectivity index (χ4v) is 6.22. The molecule has 0 bridgehead atoms. The first kappa shape index (κ1) is 30.4. The molecule has 0 spiro atoms. The lowest BCUT2D eigenvalue weighted by atomic mass is 9.81. The molecule has 2 aromatic carbocycles. The predicted molar refractivity (Wildman–Crippen MR) is 142 cm³/mol. The highest BCUT2D eigenvalue weighted by molar-refractivity contribution is 5.77. The van der Waals surface area contributed by atoms with Crippen molar-refractivity contribution in [1.29, 1.82) is 0 Å². The number of carbonyl (C=O) groups excluding carboxylic acids is 1. The Balaban J connectivity index is 1.72. The quantitative estimate of drug-likeness (QED) is 0.339. The van der Waals surface area contributed by atoms with Gasteiger partial charge in [-0.3, -0.25) is 9.69 Å². The van der Waals surface area contributed by atoms with Crippen LogP contribution in [0, 0.1) is 11.3 Å². The molecule has 2 aromatic rings. The second-order valence-corrected chi connectivity index (χ2v) is 12.3. The molecule has 1 saturated carbocycles. The fourth-order valence-electron chi connectivity index (χ4n) is 6.22. The van der Waals surface area contributed by atoms with Gasteiger partial charge in [-0.15, -0.1) is 0 Å². The van der Waals surface area contributed by atoms with Crippen LogP contribution in [0.3, 0.4) is 0 Å². The first-order chi connectivity index (χ1) is 18.6. The molecule has 2 atom stereocenters. The minimum Gasteiger partial charge on any atom is -0.337 e. The van der Waals surface area contributed by atoms with E-state index in [1.165, 1.54) is 6.42 Å². The van der Waals surface area contributed by atoms with Gasteiger partial charge in [0.2, 0.25) is 5.91 Å². The molecule has 3 nitrogen and oxygen atoms in total. The zero-order valence-corrected chi connectivity index (χ0v) is 23.3. The highest BCUT2D eigenvalue weighted by atomic mass is 19.4. The number of rotatable bonds is 5. The zero-order valence-electron chi connectivity index (χ0n) is 23.3. The number of benzene rings is 2. The average molecular weight is 569 g/mol. The van der Waals surface area contributed by atoms with Gasteiger partial charge in [0.15, 0.2) is 0 Å². The summed E-state index contributed by atoms with van der Waals surface area (Å²) in [6, 6.07) is 9.41. The molecule has 1 amide bonds. The van der Waals surface area contributed by atoms with E-state index < -0.39 is 29.5 Å². The van der Waals surface area contributed by atoms with Crippen molar-refractivity contribution in [3.63, 3.8) is 0 Å². The fraction of sp³-hybridized carbons (Fsp3) is 0.581. The number of piperazine rings is 1. The monoisotopic (exact) mass is 568 g/mol. The summed E-state index contributed by atoms with van der Waals surface area (Å²) < 4.78 is 82.6. The second-order valence-electron chi connectivity index (χ2n) is 12.3. The van der Waals surface area contributed by atoms with E-state index in [2.05, 4.69) is 0 Å². The summed E-state index contributed by atoms with van der Waals surface area (Å²) in [7, 11) is 0.